The second-order valence-electron chi connectivity index (χ2n) is 6.72. The van der Waals surface area contributed by atoms with Crippen molar-refractivity contribution < 1.29 is 24.0 Å². The van der Waals surface area contributed by atoms with Gasteiger partial charge in [0.05, 0.1) is 19.8 Å². The summed E-state index contributed by atoms with van der Waals surface area (Å²) in [5, 5.41) is 13.7. The molecule has 0 radical (unpaired) electrons. The molecule has 1 N–H and O–H groups in total. The average molecular weight is 373 g/mol. The molecule has 1 aromatic carbocycles. The van der Waals surface area contributed by atoms with E-state index in [4.69, 9.17) is 9.26 Å². The molecule has 2 atom stereocenters. The number of aromatic nitrogens is 1. The highest BCUT2D eigenvalue weighted by Gasteiger charge is 2.40. The summed E-state index contributed by atoms with van der Waals surface area (Å²) in [7, 11) is 3.20. The van der Waals surface area contributed by atoms with E-state index < -0.39 is 24.0 Å². The third kappa shape index (κ3) is 4.53. The molecule has 1 saturated heterocycles. The molecule has 0 saturated carbocycles. The van der Waals surface area contributed by atoms with E-state index in [0.29, 0.717) is 12.3 Å². The molecule has 0 unspecified atom stereocenters. The number of esters is 1. The third-order valence-corrected chi connectivity index (χ3v) is 4.51. The van der Waals surface area contributed by atoms with E-state index in [1.165, 1.54) is 17.6 Å². The average Bonchev–Trinajstić information content (AvgIpc) is 3.28. The normalized spacial score (nSPS) is 19.5. The maximum absolute atomic E-state index is 12.7. The highest BCUT2D eigenvalue weighted by molar-refractivity contribution is 5.95. The number of rotatable bonds is 6. The van der Waals surface area contributed by atoms with Gasteiger partial charge >= 0.3 is 5.97 Å². The van der Waals surface area contributed by atoms with Gasteiger partial charge in [0.15, 0.2) is 11.5 Å². The molecule has 144 valence electrons. The van der Waals surface area contributed by atoms with Crippen LogP contribution >= 0.6 is 0 Å². The number of aliphatic hydroxyl groups excluding tert-OH is 1. The fourth-order valence-electron chi connectivity index (χ4n) is 3.25. The van der Waals surface area contributed by atoms with Gasteiger partial charge in [-0.25, -0.2) is 4.79 Å². The number of carbonyl (C=O) groups is 2. The van der Waals surface area contributed by atoms with E-state index in [9.17, 15) is 14.7 Å². The highest BCUT2D eigenvalue weighted by atomic mass is 16.5. The monoisotopic (exact) mass is 373 g/mol. The molecule has 1 aliphatic rings. The first-order chi connectivity index (χ1) is 13.0. The second kappa shape index (κ2) is 8.32. The number of hydrogen-bond acceptors (Lipinski definition) is 7. The van der Waals surface area contributed by atoms with E-state index in [1.54, 1.807) is 6.07 Å². The van der Waals surface area contributed by atoms with Crippen LogP contribution in [0.4, 0.5) is 0 Å². The maximum atomic E-state index is 12.7. The second-order valence-corrected chi connectivity index (χ2v) is 6.72. The van der Waals surface area contributed by atoms with Crippen LogP contribution in [0.1, 0.15) is 28.2 Å². The zero-order valence-corrected chi connectivity index (χ0v) is 15.4. The lowest BCUT2D eigenvalue weighted by Crippen LogP contribution is -2.41. The minimum absolute atomic E-state index is 0.0642. The van der Waals surface area contributed by atoms with Gasteiger partial charge in [0.2, 0.25) is 0 Å². The first-order valence-electron chi connectivity index (χ1n) is 8.73. The molecule has 27 heavy (non-hydrogen) atoms. The van der Waals surface area contributed by atoms with Crippen LogP contribution in [0.2, 0.25) is 0 Å². The van der Waals surface area contributed by atoms with Gasteiger partial charge in [-0.1, -0.05) is 35.5 Å². The zero-order valence-electron chi connectivity index (χ0n) is 15.4. The van der Waals surface area contributed by atoms with Gasteiger partial charge in [-0.2, -0.15) is 0 Å². The SMILES string of the molecule is COC(=O)[C@@H]1C[C@@H](O)CN1C(=O)c1cc(CN(C)Cc2ccccc2)on1. The number of amides is 1. The number of carbonyl (C=O) groups excluding carboxylic acids is 2. The minimum atomic E-state index is -0.807. The molecule has 1 aliphatic heterocycles. The number of aliphatic hydroxyl groups is 1. The summed E-state index contributed by atoms with van der Waals surface area (Å²) in [4.78, 5) is 27.9. The quantitative estimate of drug-likeness (QED) is 0.756. The van der Waals surface area contributed by atoms with E-state index in [1.807, 2.05) is 42.3 Å². The molecule has 2 heterocycles. The lowest BCUT2D eigenvalue weighted by Gasteiger charge is -2.20. The predicted octanol–water partition coefficient (Wildman–Crippen LogP) is 1.05. The summed E-state index contributed by atoms with van der Waals surface area (Å²) in [5.41, 5.74) is 1.28. The van der Waals surface area contributed by atoms with Gasteiger partial charge in [0.25, 0.3) is 5.91 Å². The van der Waals surface area contributed by atoms with Crippen molar-refractivity contribution in [1.29, 1.82) is 0 Å². The summed E-state index contributed by atoms with van der Waals surface area (Å²) in [6, 6.07) is 10.8. The highest BCUT2D eigenvalue weighted by Crippen LogP contribution is 2.22. The summed E-state index contributed by atoms with van der Waals surface area (Å²) in [6.45, 7) is 1.28. The van der Waals surface area contributed by atoms with E-state index >= 15 is 0 Å². The van der Waals surface area contributed by atoms with Crippen molar-refractivity contribution >= 4 is 11.9 Å². The smallest absolute Gasteiger partial charge is 0.328 e. The van der Waals surface area contributed by atoms with Crippen molar-refractivity contribution in [2.45, 2.75) is 31.7 Å². The van der Waals surface area contributed by atoms with Crippen LogP contribution in [0.15, 0.2) is 40.9 Å². The summed E-state index contributed by atoms with van der Waals surface area (Å²) in [5.74, 6) is -0.458. The Morgan fingerprint density at radius 3 is 2.78 bits per heavy atom. The van der Waals surface area contributed by atoms with Crippen LogP contribution in [-0.4, -0.2) is 64.8 Å². The lowest BCUT2D eigenvalue weighted by atomic mass is 10.2. The number of benzene rings is 1. The van der Waals surface area contributed by atoms with E-state index in [-0.39, 0.29) is 18.7 Å². The molecule has 1 aromatic heterocycles. The number of likely N-dealkylation sites (tertiary alicyclic amines) is 1. The van der Waals surface area contributed by atoms with Crippen molar-refractivity contribution in [3.05, 3.63) is 53.4 Å². The maximum Gasteiger partial charge on any atom is 0.328 e. The van der Waals surface area contributed by atoms with Crippen molar-refractivity contribution in [3.63, 3.8) is 0 Å². The molecule has 2 aromatic rings. The molecule has 1 amide bonds. The summed E-state index contributed by atoms with van der Waals surface area (Å²) >= 11 is 0. The first kappa shape index (κ1) is 19.1. The Bertz CT molecular complexity index is 792. The van der Waals surface area contributed by atoms with Crippen LogP contribution in [-0.2, 0) is 22.6 Å². The molecule has 0 bridgehead atoms. The summed E-state index contributed by atoms with van der Waals surface area (Å²) in [6.07, 6.45) is -0.607. The Morgan fingerprint density at radius 1 is 1.33 bits per heavy atom. The van der Waals surface area contributed by atoms with Crippen LogP contribution in [0.3, 0.4) is 0 Å². The zero-order chi connectivity index (χ0) is 19.4. The van der Waals surface area contributed by atoms with Gasteiger partial charge < -0.3 is 19.3 Å². The topological polar surface area (TPSA) is 96.1 Å². The van der Waals surface area contributed by atoms with Crippen molar-refractivity contribution in [2.24, 2.45) is 0 Å². The van der Waals surface area contributed by atoms with E-state index in [0.717, 1.165) is 6.54 Å². The fourth-order valence-corrected chi connectivity index (χ4v) is 3.25. The van der Waals surface area contributed by atoms with Crippen LogP contribution < -0.4 is 0 Å². The van der Waals surface area contributed by atoms with Gasteiger partial charge in [-0.05, 0) is 12.6 Å². The lowest BCUT2D eigenvalue weighted by molar-refractivity contribution is -0.145. The Morgan fingerprint density at radius 2 is 2.07 bits per heavy atom. The van der Waals surface area contributed by atoms with Gasteiger partial charge in [-0.3, -0.25) is 9.69 Å². The van der Waals surface area contributed by atoms with E-state index in [2.05, 4.69) is 5.16 Å². The van der Waals surface area contributed by atoms with Gasteiger partial charge in [0.1, 0.15) is 6.04 Å². The molecule has 3 rings (SSSR count). The number of methoxy groups -OCH3 is 1. The minimum Gasteiger partial charge on any atom is -0.467 e. The van der Waals surface area contributed by atoms with Crippen molar-refractivity contribution in [2.75, 3.05) is 20.7 Å². The van der Waals surface area contributed by atoms with Crippen LogP contribution in [0, 0.1) is 0 Å². The predicted molar refractivity (Wildman–Crippen MR) is 95.6 cm³/mol. The van der Waals surface area contributed by atoms with Crippen molar-refractivity contribution in [1.82, 2.24) is 15.0 Å². The van der Waals surface area contributed by atoms with Gasteiger partial charge in [-0.15, -0.1) is 0 Å². The Labute approximate surface area is 157 Å². The molecular weight excluding hydrogens is 350 g/mol. The Hall–Kier alpha value is -2.71. The first-order valence-corrected chi connectivity index (χ1v) is 8.73. The molecule has 0 spiro atoms. The number of ether oxygens (including phenoxy) is 1. The van der Waals surface area contributed by atoms with Crippen LogP contribution in [0.5, 0.6) is 0 Å². The number of β-amino-alcohol motifs (C(OH)–C–C–N with tert-alkyl or cyclic N) is 1. The Balaban J connectivity index is 1.64. The standard InChI is InChI=1S/C19H23N3O5/c1-21(10-13-6-4-3-5-7-13)12-15-9-16(20-27-15)18(24)22-11-14(23)8-17(22)19(25)26-2/h3-7,9,14,17,23H,8,10-12H2,1-2H3/t14-,17+/m1/s1. The molecule has 0 aliphatic carbocycles. The number of hydrogen-bond donors (Lipinski definition) is 1. The molecular formula is C19H23N3O5. The third-order valence-electron chi connectivity index (χ3n) is 4.51. The van der Waals surface area contributed by atoms with Crippen molar-refractivity contribution in [3.8, 4) is 0 Å². The summed E-state index contributed by atoms with van der Waals surface area (Å²) < 4.78 is 10.0. The number of nitrogens with zero attached hydrogens (tertiary/aromatic N) is 3. The molecule has 8 nitrogen and oxygen atoms in total. The molecule has 8 heteroatoms. The molecule has 1 fully saturated rings. The Kier molecular flexibility index (Phi) is 5.88. The fraction of sp³-hybridized carbons (Fsp3) is 0.421. The van der Waals surface area contributed by atoms with Gasteiger partial charge in [0, 0.05) is 25.6 Å². The van der Waals surface area contributed by atoms with Crippen LogP contribution in [0.25, 0.3) is 0 Å². The largest absolute Gasteiger partial charge is 0.467 e.